The third kappa shape index (κ3) is 3.45. The van der Waals surface area contributed by atoms with Crippen LogP contribution >= 0.6 is 0 Å². The van der Waals surface area contributed by atoms with Crippen LogP contribution in [0.5, 0.6) is 5.75 Å². The molecule has 0 atom stereocenters. The Kier molecular flexibility index (Phi) is 4.50. The van der Waals surface area contributed by atoms with E-state index in [1.165, 1.54) is 13.3 Å². The second kappa shape index (κ2) is 5.99. The van der Waals surface area contributed by atoms with Crippen molar-refractivity contribution < 1.29 is 14.7 Å². The minimum Gasteiger partial charge on any atom is -0.488 e. The van der Waals surface area contributed by atoms with E-state index in [-0.39, 0.29) is 6.61 Å². The third-order valence-corrected chi connectivity index (χ3v) is 1.61. The molecular weight excluding hydrogens is 182 g/mol. The maximum absolute atomic E-state index is 8.80. The quantitative estimate of drug-likeness (QED) is 0.567. The van der Waals surface area contributed by atoms with E-state index in [0.29, 0.717) is 6.61 Å². The van der Waals surface area contributed by atoms with Gasteiger partial charge in [-0.1, -0.05) is 17.3 Å². The minimum absolute atomic E-state index is 0.0470. The van der Waals surface area contributed by atoms with Crippen LogP contribution in [0.25, 0.3) is 0 Å². The molecule has 1 aromatic rings. The fourth-order valence-corrected chi connectivity index (χ4v) is 0.930. The number of benzene rings is 1. The summed E-state index contributed by atoms with van der Waals surface area (Å²) in [7, 11) is 1.48. The van der Waals surface area contributed by atoms with E-state index < -0.39 is 0 Å². The van der Waals surface area contributed by atoms with E-state index in [9.17, 15) is 0 Å². The van der Waals surface area contributed by atoms with Crippen molar-refractivity contribution in [1.29, 1.82) is 0 Å². The van der Waals surface area contributed by atoms with Gasteiger partial charge < -0.3 is 14.7 Å². The molecule has 0 aromatic heterocycles. The first kappa shape index (κ1) is 10.5. The molecule has 0 fully saturated rings. The predicted octanol–water partition coefficient (Wildman–Crippen LogP) is 1.19. The van der Waals surface area contributed by atoms with E-state index in [1.807, 2.05) is 12.1 Å². The van der Waals surface area contributed by atoms with Gasteiger partial charge in [-0.2, -0.15) is 0 Å². The Hall–Kier alpha value is -1.55. The second-order valence-corrected chi connectivity index (χ2v) is 2.58. The molecule has 76 valence electrons. The van der Waals surface area contributed by atoms with Gasteiger partial charge in [-0.05, 0) is 17.7 Å². The molecule has 1 aromatic carbocycles. The number of hydrogen-bond acceptors (Lipinski definition) is 4. The lowest BCUT2D eigenvalue weighted by atomic mass is 10.2. The molecule has 0 saturated carbocycles. The Morgan fingerprint density at radius 1 is 1.36 bits per heavy atom. The Morgan fingerprint density at radius 3 is 2.64 bits per heavy atom. The van der Waals surface area contributed by atoms with Gasteiger partial charge in [0.25, 0.3) is 0 Å². The molecule has 4 nitrogen and oxygen atoms in total. The zero-order chi connectivity index (χ0) is 10.2. The van der Waals surface area contributed by atoms with Gasteiger partial charge in [-0.3, -0.25) is 0 Å². The monoisotopic (exact) mass is 195 g/mol. The fourth-order valence-electron chi connectivity index (χ4n) is 0.930. The van der Waals surface area contributed by atoms with Gasteiger partial charge in [0.15, 0.2) is 0 Å². The van der Waals surface area contributed by atoms with Gasteiger partial charge in [-0.15, -0.1) is 0 Å². The predicted molar refractivity (Wildman–Crippen MR) is 53.4 cm³/mol. The molecule has 0 saturated heterocycles. The highest BCUT2D eigenvalue weighted by atomic mass is 16.6. The lowest BCUT2D eigenvalue weighted by molar-refractivity contribution is 0.212. The number of ether oxygens (including phenoxy) is 1. The first-order valence-corrected chi connectivity index (χ1v) is 4.24. The van der Waals surface area contributed by atoms with Gasteiger partial charge in [0.05, 0.1) is 12.8 Å². The van der Waals surface area contributed by atoms with E-state index >= 15 is 0 Å². The molecule has 4 heteroatoms. The van der Waals surface area contributed by atoms with Crippen LogP contribution in [0.3, 0.4) is 0 Å². The summed E-state index contributed by atoms with van der Waals surface area (Å²) in [6.45, 7) is 0.414. The first-order valence-electron chi connectivity index (χ1n) is 4.24. The molecule has 0 aliphatic carbocycles. The summed E-state index contributed by atoms with van der Waals surface area (Å²) >= 11 is 0. The van der Waals surface area contributed by atoms with Crippen molar-refractivity contribution in [3.63, 3.8) is 0 Å². The summed E-state index contributed by atoms with van der Waals surface area (Å²) in [6, 6.07) is 7.21. The molecule has 0 aliphatic heterocycles. The Morgan fingerprint density at radius 2 is 2.07 bits per heavy atom. The van der Waals surface area contributed by atoms with Crippen molar-refractivity contribution in [3.05, 3.63) is 29.8 Å². The number of aliphatic hydroxyl groups is 1. The van der Waals surface area contributed by atoms with Gasteiger partial charge in [0.2, 0.25) is 0 Å². The smallest absolute Gasteiger partial charge is 0.127 e. The summed E-state index contributed by atoms with van der Waals surface area (Å²) < 4.78 is 5.30. The topological polar surface area (TPSA) is 51.0 Å². The van der Waals surface area contributed by atoms with E-state index in [1.54, 1.807) is 12.1 Å². The summed E-state index contributed by atoms with van der Waals surface area (Å²) in [4.78, 5) is 4.47. The van der Waals surface area contributed by atoms with Gasteiger partial charge in [0.1, 0.15) is 19.5 Å². The summed E-state index contributed by atoms with van der Waals surface area (Å²) in [5, 5.41) is 12.3. The average Bonchev–Trinajstić information content (AvgIpc) is 2.25. The van der Waals surface area contributed by atoms with Gasteiger partial charge >= 0.3 is 0 Å². The SMILES string of the molecule is CO/N=C/COc1ccc(CO)cc1. The average molecular weight is 195 g/mol. The molecule has 0 bridgehead atoms. The second-order valence-electron chi connectivity index (χ2n) is 2.58. The first-order chi connectivity index (χ1) is 6.86. The van der Waals surface area contributed by atoms with E-state index in [2.05, 4.69) is 9.99 Å². The molecular formula is C10H13NO3. The van der Waals surface area contributed by atoms with Crippen molar-refractivity contribution in [2.24, 2.45) is 5.16 Å². The molecule has 1 rings (SSSR count). The summed E-state index contributed by atoms with van der Waals surface area (Å²) in [5.41, 5.74) is 0.864. The molecule has 14 heavy (non-hydrogen) atoms. The van der Waals surface area contributed by atoms with Gasteiger partial charge in [0, 0.05) is 0 Å². The standard InChI is InChI=1S/C10H13NO3/c1-13-11-6-7-14-10-4-2-9(8-12)3-5-10/h2-6,12H,7-8H2,1H3/b11-6+. The highest BCUT2D eigenvalue weighted by Gasteiger charge is 1.92. The van der Waals surface area contributed by atoms with Gasteiger partial charge in [-0.25, -0.2) is 0 Å². The Balaban J connectivity index is 2.40. The van der Waals surface area contributed by atoms with Crippen molar-refractivity contribution >= 4 is 6.21 Å². The van der Waals surface area contributed by atoms with Crippen molar-refractivity contribution in [3.8, 4) is 5.75 Å². The zero-order valence-corrected chi connectivity index (χ0v) is 8.01. The van der Waals surface area contributed by atoms with E-state index in [0.717, 1.165) is 11.3 Å². The van der Waals surface area contributed by atoms with Crippen molar-refractivity contribution in [2.75, 3.05) is 13.7 Å². The van der Waals surface area contributed by atoms with Crippen LogP contribution in [0.2, 0.25) is 0 Å². The normalized spacial score (nSPS) is 10.4. The number of hydrogen-bond donors (Lipinski definition) is 1. The number of oxime groups is 1. The number of nitrogens with zero attached hydrogens (tertiary/aromatic N) is 1. The van der Waals surface area contributed by atoms with Crippen LogP contribution in [0.15, 0.2) is 29.4 Å². The zero-order valence-electron chi connectivity index (χ0n) is 8.01. The highest BCUT2D eigenvalue weighted by Crippen LogP contribution is 2.11. The Bertz CT molecular complexity index is 282. The number of rotatable bonds is 5. The highest BCUT2D eigenvalue weighted by molar-refractivity contribution is 5.58. The lowest BCUT2D eigenvalue weighted by Crippen LogP contribution is -1.98. The van der Waals surface area contributed by atoms with E-state index in [4.69, 9.17) is 9.84 Å². The summed E-state index contributed by atoms with van der Waals surface area (Å²) in [6.07, 6.45) is 1.53. The molecule has 0 heterocycles. The van der Waals surface area contributed by atoms with Crippen LogP contribution in [0.4, 0.5) is 0 Å². The molecule has 1 N–H and O–H groups in total. The third-order valence-electron chi connectivity index (χ3n) is 1.61. The largest absolute Gasteiger partial charge is 0.488 e. The summed E-state index contributed by atoms with van der Waals surface area (Å²) in [5.74, 6) is 0.741. The fraction of sp³-hybridized carbons (Fsp3) is 0.300. The van der Waals surface area contributed by atoms with Crippen LogP contribution in [-0.4, -0.2) is 25.0 Å². The minimum atomic E-state index is 0.0470. The molecule has 0 radical (unpaired) electrons. The van der Waals surface area contributed by atoms with Crippen molar-refractivity contribution in [1.82, 2.24) is 0 Å². The maximum Gasteiger partial charge on any atom is 0.127 e. The molecule has 0 spiro atoms. The van der Waals surface area contributed by atoms with Crippen LogP contribution in [-0.2, 0) is 11.4 Å². The maximum atomic E-state index is 8.80. The lowest BCUT2D eigenvalue weighted by Gasteiger charge is -2.02. The molecule has 0 aliphatic rings. The molecule has 0 amide bonds. The molecule has 0 unspecified atom stereocenters. The Labute approximate surface area is 82.8 Å². The van der Waals surface area contributed by atoms with Crippen LogP contribution in [0.1, 0.15) is 5.56 Å². The number of aliphatic hydroxyl groups excluding tert-OH is 1. The van der Waals surface area contributed by atoms with Crippen LogP contribution in [0, 0.1) is 0 Å². The van der Waals surface area contributed by atoms with Crippen LogP contribution < -0.4 is 4.74 Å². The van der Waals surface area contributed by atoms with Crippen molar-refractivity contribution in [2.45, 2.75) is 6.61 Å².